The van der Waals surface area contributed by atoms with E-state index in [-0.39, 0.29) is 11.2 Å². The number of nitrogens with one attached hydrogen (secondary N) is 2. The molecule has 0 aliphatic rings. The van der Waals surface area contributed by atoms with Crippen molar-refractivity contribution in [2.24, 2.45) is 0 Å². The predicted octanol–water partition coefficient (Wildman–Crippen LogP) is 3.51. The van der Waals surface area contributed by atoms with Gasteiger partial charge in [0.25, 0.3) is 0 Å². The molecule has 0 saturated carbocycles. The maximum atomic E-state index is 12.2. The predicted molar refractivity (Wildman–Crippen MR) is 115 cm³/mol. The molecule has 1 aromatic heterocycles. The zero-order valence-electron chi connectivity index (χ0n) is 15.4. The SMILES string of the molecule is CC(=O)Nc1cccc(N(CCCCNc2nc(Cl)ncc2Br)S(C)(=O)=O)c1. The monoisotopic (exact) mass is 489 g/mol. The molecule has 0 atom stereocenters. The molecule has 11 heteroatoms. The van der Waals surface area contributed by atoms with E-state index in [1.165, 1.54) is 11.2 Å². The molecule has 0 saturated heterocycles. The minimum atomic E-state index is -3.46. The third-order valence-corrected chi connectivity index (χ3v) is 5.61. The standard InChI is InChI=1S/C17H21BrClN5O3S/c1-12(25)22-13-6-5-7-14(10-13)24(28(2,26)27)9-4-3-8-20-16-15(18)11-21-17(19)23-16/h5-7,10-11H,3-4,8-9H2,1-2H3,(H,22,25)(H,20,21,23). The van der Waals surface area contributed by atoms with Crippen molar-refractivity contribution in [2.45, 2.75) is 19.8 Å². The van der Waals surface area contributed by atoms with Crippen LogP contribution in [0.1, 0.15) is 19.8 Å². The minimum Gasteiger partial charge on any atom is -0.369 e. The highest BCUT2D eigenvalue weighted by molar-refractivity contribution is 9.10. The van der Waals surface area contributed by atoms with Crippen LogP contribution in [0.15, 0.2) is 34.9 Å². The molecule has 2 aromatic rings. The number of hydrogen-bond acceptors (Lipinski definition) is 6. The Balaban J connectivity index is 1.96. The zero-order chi connectivity index (χ0) is 20.7. The van der Waals surface area contributed by atoms with Gasteiger partial charge in [-0.05, 0) is 58.6 Å². The molecule has 28 heavy (non-hydrogen) atoms. The molecule has 1 heterocycles. The second-order valence-corrected chi connectivity index (χ2v) is 9.14. The molecule has 2 N–H and O–H groups in total. The van der Waals surface area contributed by atoms with Crippen LogP contribution in [0.4, 0.5) is 17.2 Å². The zero-order valence-corrected chi connectivity index (χ0v) is 18.6. The van der Waals surface area contributed by atoms with Crippen LogP contribution in [-0.4, -0.2) is 43.6 Å². The summed E-state index contributed by atoms with van der Waals surface area (Å²) in [5.41, 5.74) is 1.05. The molecule has 0 fully saturated rings. The average Bonchev–Trinajstić information content (AvgIpc) is 2.59. The first-order valence-electron chi connectivity index (χ1n) is 8.44. The highest BCUT2D eigenvalue weighted by Gasteiger charge is 2.17. The second-order valence-electron chi connectivity index (χ2n) is 6.04. The molecule has 0 bridgehead atoms. The lowest BCUT2D eigenvalue weighted by Crippen LogP contribution is -2.31. The van der Waals surface area contributed by atoms with Crippen LogP contribution in [0.3, 0.4) is 0 Å². The molecule has 0 spiro atoms. The van der Waals surface area contributed by atoms with Gasteiger partial charge in [0.15, 0.2) is 0 Å². The average molecular weight is 491 g/mol. The van der Waals surface area contributed by atoms with Crippen LogP contribution in [0, 0.1) is 0 Å². The van der Waals surface area contributed by atoms with Gasteiger partial charge in [0.05, 0.1) is 16.4 Å². The molecule has 2 rings (SSSR count). The quantitative estimate of drug-likeness (QED) is 0.412. The summed E-state index contributed by atoms with van der Waals surface area (Å²) in [6.07, 6.45) is 4.06. The number of anilines is 3. The summed E-state index contributed by atoms with van der Waals surface area (Å²) < 4.78 is 26.5. The molecule has 0 unspecified atom stereocenters. The summed E-state index contributed by atoms with van der Waals surface area (Å²) in [5, 5.41) is 5.94. The van der Waals surface area contributed by atoms with Gasteiger partial charge < -0.3 is 10.6 Å². The molecular formula is C17H21BrClN5O3S. The molecule has 1 amide bonds. The van der Waals surface area contributed by atoms with Gasteiger partial charge >= 0.3 is 0 Å². The van der Waals surface area contributed by atoms with E-state index < -0.39 is 10.0 Å². The van der Waals surface area contributed by atoms with E-state index in [4.69, 9.17) is 11.6 Å². The van der Waals surface area contributed by atoms with Gasteiger partial charge in [0.2, 0.25) is 21.2 Å². The Kier molecular flexibility index (Phi) is 8.02. The fraction of sp³-hybridized carbons (Fsp3) is 0.353. The maximum absolute atomic E-state index is 12.2. The number of nitrogens with zero attached hydrogens (tertiary/aromatic N) is 3. The van der Waals surface area contributed by atoms with Crippen molar-refractivity contribution < 1.29 is 13.2 Å². The minimum absolute atomic E-state index is 0.146. The lowest BCUT2D eigenvalue weighted by Gasteiger charge is -2.23. The van der Waals surface area contributed by atoms with E-state index in [9.17, 15) is 13.2 Å². The van der Waals surface area contributed by atoms with Crippen LogP contribution < -0.4 is 14.9 Å². The van der Waals surface area contributed by atoms with E-state index in [0.717, 1.165) is 6.26 Å². The van der Waals surface area contributed by atoms with Crippen molar-refractivity contribution in [1.29, 1.82) is 0 Å². The Morgan fingerprint density at radius 3 is 2.75 bits per heavy atom. The highest BCUT2D eigenvalue weighted by Crippen LogP contribution is 2.23. The largest absolute Gasteiger partial charge is 0.369 e. The van der Waals surface area contributed by atoms with E-state index in [0.29, 0.717) is 47.6 Å². The summed E-state index contributed by atoms with van der Waals surface area (Å²) in [7, 11) is -3.46. The van der Waals surface area contributed by atoms with E-state index in [2.05, 4.69) is 36.5 Å². The fourth-order valence-electron chi connectivity index (χ4n) is 2.49. The van der Waals surface area contributed by atoms with Crippen molar-refractivity contribution >= 4 is 60.7 Å². The Morgan fingerprint density at radius 1 is 1.32 bits per heavy atom. The van der Waals surface area contributed by atoms with Gasteiger partial charge in [-0.1, -0.05) is 6.07 Å². The van der Waals surface area contributed by atoms with Crippen molar-refractivity contribution in [3.05, 3.63) is 40.2 Å². The van der Waals surface area contributed by atoms with Crippen LogP contribution in [0.2, 0.25) is 5.28 Å². The second kappa shape index (κ2) is 10.0. The van der Waals surface area contributed by atoms with Gasteiger partial charge in [-0.2, -0.15) is 4.98 Å². The number of carbonyl (C=O) groups excluding carboxylic acids is 1. The highest BCUT2D eigenvalue weighted by atomic mass is 79.9. The first-order chi connectivity index (χ1) is 13.2. The number of amides is 1. The van der Waals surface area contributed by atoms with Gasteiger partial charge in [-0.3, -0.25) is 9.10 Å². The third kappa shape index (κ3) is 6.92. The molecule has 0 aliphatic heterocycles. The Labute approximate surface area is 177 Å². The smallest absolute Gasteiger partial charge is 0.232 e. The van der Waals surface area contributed by atoms with Crippen molar-refractivity contribution in [1.82, 2.24) is 9.97 Å². The summed E-state index contributed by atoms with van der Waals surface area (Å²) in [6, 6.07) is 6.75. The number of benzene rings is 1. The summed E-state index contributed by atoms with van der Waals surface area (Å²) in [4.78, 5) is 19.2. The van der Waals surface area contributed by atoms with Gasteiger partial charge in [0, 0.05) is 31.9 Å². The first kappa shape index (κ1) is 22.4. The van der Waals surface area contributed by atoms with Crippen LogP contribution in [0.25, 0.3) is 0 Å². The van der Waals surface area contributed by atoms with Crippen molar-refractivity contribution in [2.75, 3.05) is 34.3 Å². The summed E-state index contributed by atoms with van der Waals surface area (Å²) >= 11 is 9.12. The Hall–Kier alpha value is -1.91. The van der Waals surface area contributed by atoms with Crippen molar-refractivity contribution in [3.8, 4) is 0 Å². The maximum Gasteiger partial charge on any atom is 0.232 e. The number of unbranched alkanes of at least 4 members (excludes halogenated alkanes) is 1. The molecule has 0 radical (unpaired) electrons. The number of carbonyl (C=O) groups is 1. The molecular weight excluding hydrogens is 470 g/mol. The van der Waals surface area contributed by atoms with Gasteiger partial charge in [-0.15, -0.1) is 0 Å². The number of sulfonamides is 1. The van der Waals surface area contributed by atoms with Crippen LogP contribution >= 0.6 is 27.5 Å². The normalized spacial score (nSPS) is 11.1. The van der Waals surface area contributed by atoms with Crippen LogP contribution in [-0.2, 0) is 14.8 Å². The van der Waals surface area contributed by atoms with Crippen LogP contribution in [0.5, 0.6) is 0 Å². The first-order valence-corrected chi connectivity index (χ1v) is 11.5. The number of hydrogen-bond donors (Lipinski definition) is 2. The summed E-state index contributed by atoms with van der Waals surface area (Å²) in [6.45, 7) is 2.31. The molecule has 8 nitrogen and oxygen atoms in total. The van der Waals surface area contributed by atoms with Gasteiger partial charge in [0.1, 0.15) is 5.82 Å². The Bertz CT molecular complexity index is 942. The van der Waals surface area contributed by atoms with E-state index >= 15 is 0 Å². The number of aromatic nitrogens is 2. The summed E-state index contributed by atoms with van der Waals surface area (Å²) in [5.74, 6) is 0.369. The molecule has 0 aliphatic carbocycles. The molecule has 1 aromatic carbocycles. The number of halogens is 2. The lowest BCUT2D eigenvalue weighted by atomic mass is 10.2. The van der Waals surface area contributed by atoms with Crippen molar-refractivity contribution in [3.63, 3.8) is 0 Å². The van der Waals surface area contributed by atoms with E-state index in [1.54, 1.807) is 30.5 Å². The lowest BCUT2D eigenvalue weighted by molar-refractivity contribution is -0.114. The fourth-order valence-corrected chi connectivity index (χ4v) is 3.91. The third-order valence-electron chi connectivity index (χ3n) is 3.65. The number of rotatable bonds is 9. The Morgan fingerprint density at radius 2 is 2.07 bits per heavy atom. The van der Waals surface area contributed by atoms with E-state index in [1.807, 2.05) is 0 Å². The molecule has 152 valence electrons. The topological polar surface area (TPSA) is 104 Å². The van der Waals surface area contributed by atoms with Gasteiger partial charge in [-0.25, -0.2) is 13.4 Å².